The summed E-state index contributed by atoms with van der Waals surface area (Å²) in [7, 11) is 0. The standard InChI is InChI=1S/C46H88O4/c1-42(2)35-34-36-43(3)41-44(37-30-26-22-18-14-10-6-4-8-12-16-20-24-28-32-39-45(47)48)38-31-27-23-19-15-11-7-5-9-13-17-21-25-29-33-40-46(49)50/h35,43-44H,4-34,36-41H2,1-3H3,(H,47,48)(H,49,50)/t43-/m1/s1. The number of hydrogen-bond donors (Lipinski definition) is 2. The Balaban J connectivity index is 3.85. The van der Waals surface area contributed by atoms with Gasteiger partial charge in [-0.3, -0.25) is 9.59 Å². The Labute approximate surface area is 312 Å². The number of aliphatic carboxylic acids is 2. The van der Waals surface area contributed by atoms with Gasteiger partial charge in [-0.25, -0.2) is 0 Å². The van der Waals surface area contributed by atoms with E-state index in [4.69, 9.17) is 10.2 Å². The summed E-state index contributed by atoms with van der Waals surface area (Å²) in [5, 5.41) is 17.4. The Bertz CT molecular complexity index is 707. The van der Waals surface area contributed by atoms with E-state index in [1.807, 2.05) is 0 Å². The molecule has 296 valence electrons. The van der Waals surface area contributed by atoms with E-state index >= 15 is 0 Å². The van der Waals surface area contributed by atoms with Crippen molar-refractivity contribution < 1.29 is 19.8 Å². The van der Waals surface area contributed by atoms with Crippen LogP contribution in [0.2, 0.25) is 0 Å². The van der Waals surface area contributed by atoms with Crippen molar-refractivity contribution in [2.75, 3.05) is 0 Å². The molecule has 50 heavy (non-hydrogen) atoms. The van der Waals surface area contributed by atoms with Crippen molar-refractivity contribution in [3.05, 3.63) is 11.6 Å². The van der Waals surface area contributed by atoms with E-state index in [9.17, 15) is 9.59 Å². The highest BCUT2D eigenvalue weighted by molar-refractivity contribution is 5.66. The van der Waals surface area contributed by atoms with Gasteiger partial charge in [0, 0.05) is 12.8 Å². The van der Waals surface area contributed by atoms with Crippen LogP contribution in [0.5, 0.6) is 0 Å². The van der Waals surface area contributed by atoms with Gasteiger partial charge in [-0.2, -0.15) is 0 Å². The highest BCUT2D eigenvalue weighted by Crippen LogP contribution is 2.28. The summed E-state index contributed by atoms with van der Waals surface area (Å²) in [5.74, 6) is 0.479. The SMILES string of the molecule is CC(C)=CCC[C@@H](C)CC(CCCCCCCCCCCCCCCCCC(=O)O)CCCCCCCCCCCCCCCCCC(=O)O. The highest BCUT2D eigenvalue weighted by atomic mass is 16.4. The van der Waals surface area contributed by atoms with Crippen molar-refractivity contribution in [2.45, 2.75) is 258 Å². The van der Waals surface area contributed by atoms with Gasteiger partial charge in [0.25, 0.3) is 0 Å². The van der Waals surface area contributed by atoms with Gasteiger partial charge in [0.15, 0.2) is 0 Å². The van der Waals surface area contributed by atoms with Crippen molar-refractivity contribution in [1.29, 1.82) is 0 Å². The first-order chi connectivity index (χ1) is 24.3. The zero-order valence-corrected chi connectivity index (χ0v) is 34.1. The minimum atomic E-state index is -0.654. The molecule has 4 nitrogen and oxygen atoms in total. The number of carbonyl (C=O) groups is 2. The molecule has 0 amide bonds. The van der Waals surface area contributed by atoms with Crippen molar-refractivity contribution in [2.24, 2.45) is 11.8 Å². The smallest absolute Gasteiger partial charge is 0.303 e. The molecule has 0 spiro atoms. The second kappa shape index (κ2) is 38.9. The van der Waals surface area contributed by atoms with Crippen LogP contribution in [0.4, 0.5) is 0 Å². The van der Waals surface area contributed by atoms with Crippen molar-refractivity contribution >= 4 is 11.9 Å². The fourth-order valence-corrected chi connectivity index (χ4v) is 7.74. The predicted octanol–water partition coefficient (Wildman–Crippen LogP) is 15.8. The van der Waals surface area contributed by atoms with Gasteiger partial charge in [-0.1, -0.05) is 211 Å². The number of carboxylic acids is 2. The molecule has 0 aliphatic rings. The van der Waals surface area contributed by atoms with E-state index in [1.165, 1.54) is 205 Å². The van der Waals surface area contributed by atoms with Gasteiger partial charge in [0.2, 0.25) is 0 Å². The van der Waals surface area contributed by atoms with Gasteiger partial charge >= 0.3 is 11.9 Å². The van der Waals surface area contributed by atoms with E-state index in [2.05, 4.69) is 26.8 Å². The third-order valence-corrected chi connectivity index (χ3v) is 11.0. The molecule has 0 aromatic rings. The average Bonchev–Trinajstić information content (AvgIpc) is 3.06. The van der Waals surface area contributed by atoms with Crippen LogP contribution in [0.15, 0.2) is 11.6 Å². The van der Waals surface area contributed by atoms with Crippen LogP contribution in [0.3, 0.4) is 0 Å². The molecule has 4 heteroatoms. The maximum Gasteiger partial charge on any atom is 0.303 e. The fraction of sp³-hybridized carbons (Fsp3) is 0.913. The van der Waals surface area contributed by atoms with E-state index < -0.39 is 11.9 Å². The normalized spacial score (nSPS) is 12.1. The largest absolute Gasteiger partial charge is 0.481 e. The van der Waals surface area contributed by atoms with Crippen LogP contribution in [0.1, 0.15) is 258 Å². The van der Waals surface area contributed by atoms with Crippen molar-refractivity contribution in [1.82, 2.24) is 0 Å². The molecule has 0 saturated heterocycles. The highest BCUT2D eigenvalue weighted by Gasteiger charge is 2.13. The van der Waals surface area contributed by atoms with Crippen molar-refractivity contribution in [3.63, 3.8) is 0 Å². The molecule has 0 aliphatic heterocycles. The minimum Gasteiger partial charge on any atom is -0.481 e. The third kappa shape index (κ3) is 41.1. The molecule has 0 aliphatic carbocycles. The van der Waals surface area contributed by atoms with Gasteiger partial charge in [0.1, 0.15) is 0 Å². The molecular formula is C46H88O4. The second-order valence-corrected chi connectivity index (χ2v) is 16.5. The average molecular weight is 705 g/mol. The fourth-order valence-electron chi connectivity index (χ4n) is 7.74. The maximum absolute atomic E-state index is 10.6. The Morgan fingerprint density at radius 3 is 0.940 bits per heavy atom. The molecule has 0 saturated carbocycles. The number of unbranched alkanes of at least 4 members (excludes halogenated alkanes) is 28. The summed E-state index contributed by atoms with van der Waals surface area (Å²) in [6.45, 7) is 6.96. The lowest BCUT2D eigenvalue weighted by Gasteiger charge is -2.21. The first-order valence-electron chi connectivity index (χ1n) is 22.4. The summed E-state index contributed by atoms with van der Waals surface area (Å²) in [5.41, 5.74) is 1.46. The first kappa shape index (κ1) is 48.7. The Hall–Kier alpha value is -1.32. The number of allylic oxidation sites excluding steroid dienone is 2. The summed E-state index contributed by atoms with van der Waals surface area (Å²) in [6, 6.07) is 0. The van der Waals surface area contributed by atoms with Crippen LogP contribution in [-0.2, 0) is 9.59 Å². The summed E-state index contributed by atoms with van der Waals surface area (Å²) < 4.78 is 0. The van der Waals surface area contributed by atoms with Crippen LogP contribution >= 0.6 is 0 Å². The van der Waals surface area contributed by atoms with Crippen LogP contribution < -0.4 is 0 Å². The van der Waals surface area contributed by atoms with E-state index in [-0.39, 0.29) is 0 Å². The molecule has 0 unspecified atom stereocenters. The predicted molar refractivity (Wildman–Crippen MR) is 218 cm³/mol. The monoisotopic (exact) mass is 705 g/mol. The number of carboxylic acid groups (broad SMARTS) is 2. The molecule has 0 bridgehead atoms. The Morgan fingerprint density at radius 2 is 0.680 bits per heavy atom. The van der Waals surface area contributed by atoms with Crippen molar-refractivity contribution in [3.8, 4) is 0 Å². The molecular weight excluding hydrogens is 617 g/mol. The zero-order valence-electron chi connectivity index (χ0n) is 34.1. The van der Waals surface area contributed by atoms with Crippen LogP contribution in [0.25, 0.3) is 0 Å². The number of rotatable bonds is 41. The Kier molecular flexibility index (Phi) is 37.9. The molecule has 0 radical (unpaired) electrons. The summed E-state index contributed by atoms with van der Waals surface area (Å²) >= 11 is 0. The quantitative estimate of drug-likeness (QED) is 0.0491. The lowest BCUT2D eigenvalue weighted by Crippen LogP contribution is -2.07. The second-order valence-electron chi connectivity index (χ2n) is 16.5. The minimum absolute atomic E-state index is 0.337. The third-order valence-electron chi connectivity index (χ3n) is 11.0. The van der Waals surface area contributed by atoms with E-state index in [0.717, 1.165) is 37.5 Å². The Morgan fingerprint density at radius 1 is 0.420 bits per heavy atom. The van der Waals surface area contributed by atoms with Gasteiger partial charge in [0.05, 0.1) is 0 Å². The lowest BCUT2D eigenvalue weighted by atomic mass is 9.85. The van der Waals surface area contributed by atoms with Crippen LogP contribution in [0, 0.1) is 11.8 Å². The van der Waals surface area contributed by atoms with E-state index in [1.54, 1.807) is 0 Å². The summed E-state index contributed by atoms with van der Waals surface area (Å²) in [6.07, 6.45) is 49.8. The molecule has 0 aromatic heterocycles. The topological polar surface area (TPSA) is 74.6 Å². The molecule has 0 fully saturated rings. The zero-order chi connectivity index (χ0) is 36.8. The van der Waals surface area contributed by atoms with Crippen LogP contribution in [-0.4, -0.2) is 22.2 Å². The van der Waals surface area contributed by atoms with E-state index in [0.29, 0.717) is 12.8 Å². The summed E-state index contributed by atoms with van der Waals surface area (Å²) in [4.78, 5) is 21.1. The van der Waals surface area contributed by atoms with Gasteiger partial charge < -0.3 is 10.2 Å². The molecule has 2 N–H and O–H groups in total. The molecule has 1 atom stereocenters. The molecule has 0 rings (SSSR count). The van der Waals surface area contributed by atoms with Gasteiger partial charge in [-0.15, -0.1) is 0 Å². The lowest BCUT2D eigenvalue weighted by molar-refractivity contribution is -0.138. The molecule has 0 aromatic carbocycles. The maximum atomic E-state index is 10.6. The van der Waals surface area contributed by atoms with Gasteiger partial charge in [-0.05, 0) is 57.8 Å². The number of hydrogen-bond acceptors (Lipinski definition) is 2. The molecule has 0 heterocycles. The first-order valence-corrected chi connectivity index (χ1v) is 22.4.